The molecule has 0 aromatic heterocycles. The van der Waals surface area contributed by atoms with Gasteiger partial charge in [-0.25, -0.2) is 0 Å². The lowest BCUT2D eigenvalue weighted by atomic mass is 10.0. The van der Waals surface area contributed by atoms with Gasteiger partial charge in [0.05, 0.1) is 18.8 Å². The summed E-state index contributed by atoms with van der Waals surface area (Å²) in [6.07, 6.45) is 20.0. The van der Waals surface area contributed by atoms with E-state index >= 15 is 0 Å². The third-order valence-corrected chi connectivity index (χ3v) is 4.70. The molecule has 3 N–H and O–H groups in total. The van der Waals surface area contributed by atoms with Crippen LogP contribution in [0.15, 0.2) is 12.7 Å². The predicted molar refractivity (Wildman–Crippen MR) is 103 cm³/mol. The summed E-state index contributed by atoms with van der Waals surface area (Å²) in [6, 6.07) is 0. The third kappa shape index (κ3) is 18.0. The van der Waals surface area contributed by atoms with Crippen LogP contribution < -0.4 is 0 Å². The summed E-state index contributed by atoms with van der Waals surface area (Å²) in [6.45, 7) is 3.49. The Morgan fingerprint density at radius 3 is 1.46 bits per heavy atom. The Morgan fingerprint density at radius 2 is 1.04 bits per heavy atom. The minimum Gasteiger partial charge on any atom is -0.394 e. The smallest absolute Gasteiger partial charge is 0.0795 e. The van der Waals surface area contributed by atoms with Crippen molar-refractivity contribution in [3.8, 4) is 0 Å². The van der Waals surface area contributed by atoms with Crippen LogP contribution in [0.3, 0.4) is 0 Å². The van der Waals surface area contributed by atoms with Crippen molar-refractivity contribution in [2.45, 2.75) is 115 Å². The van der Waals surface area contributed by atoms with Crippen LogP contribution in [0, 0.1) is 0 Å². The minimum atomic E-state index is -0.771. The predicted octanol–water partition coefficient (Wildman–Crippen LogP) is 5.13. The van der Waals surface area contributed by atoms with E-state index in [1.165, 1.54) is 77.0 Å². The molecule has 3 nitrogen and oxygen atoms in total. The summed E-state index contributed by atoms with van der Waals surface area (Å²) in [7, 11) is 0. The number of rotatable bonds is 19. The van der Waals surface area contributed by atoms with Crippen molar-refractivity contribution >= 4 is 0 Å². The van der Waals surface area contributed by atoms with Crippen LogP contribution in [0.5, 0.6) is 0 Å². The fourth-order valence-corrected chi connectivity index (χ4v) is 3.12. The van der Waals surface area contributed by atoms with Crippen molar-refractivity contribution < 1.29 is 15.3 Å². The molecule has 0 rings (SSSR count). The monoisotopic (exact) mass is 342 g/mol. The van der Waals surface area contributed by atoms with Crippen LogP contribution in [0.25, 0.3) is 0 Å². The highest BCUT2D eigenvalue weighted by Crippen LogP contribution is 2.14. The van der Waals surface area contributed by atoms with Gasteiger partial charge in [-0.2, -0.15) is 0 Å². The summed E-state index contributed by atoms with van der Waals surface area (Å²) in [5.41, 5.74) is 0. The van der Waals surface area contributed by atoms with E-state index in [1.807, 2.05) is 6.08 Å². The van der Waals surface area contributed by atoms with Gasteiger partial charge in [0.25, 0.3) is 0 Å². The van der Waals surface area contributed by atoms with Crippen molar-refractivity contribution in [3.05, 3.63) is 12.7 Å². The zero-order chi connectivity index (χ0) is 17.9. The quantitative estimate of drug-likeness (QED) is 0.225. The molecule has 0 aliphatic heterocycles. The molecule has 0 saturated heterocycles. The highest BCUT2D eigenvalue weighted by molar-refractivity contribution is 4.65. The maximum Gasteiger partial charge on any atom is 0.0795 e. The van der Waals surface area contributed by atoms with Crippen LogP contribution in [-0.4, -0.2) is 34.1 Å². The summed E-state index contributed by atoms with van der Waals surface area (Å²) < 4.78 is 0. The van der Waals surface area contributed by atoms with Gasteiger partial charge in [0, 0.05) is 6.42 Å². The molecule has 0 unspecified atom stereocenters. The van der Waals surface area contributed by atoms with Crippen molar-refractivity contribution in [2.24, 2.45) is 0 Å². The molecule has 0 aromatic carbocycles. The highest BCUT2D eigenvalue weighted by Gasteiger charge is 2.10. The molecule has 0 aromatic rings. The SMILES string of the molecule is C=CCCCCCCCCCCCCCCC[C@@H](O)C[C@@H](O)CO. The lowest BCUT2D eigenvalue weighted by molar-refractivity contribution is 0.0380. The third-order valence-electron chi connectivity index (χ3n) is 4.70. The van der Waals surface area contributed by atoms with E-state index in [9.17, 15) is 10.2 Å². The van der Waals surface area contributed by atoms with Crippen LogP contribution in [0.4, 0.5) is 0 Å². The van der Waals surface area contributed by atoms with E-state index in [1.54, 1.807) is 0 Å². The van der Waals surface area contributed by atoms with E-state index in [4.69, 9.17) is 5.11 Å². The molecule has 0 aliphatic rings. The first-order valence-electron chi connectivity index (χ1n) is 10.3. The first-order chi connectivity index (χ1) is 11.7. The van der Waals surface area contributed by atoms with Crippen LogP contribution in [-0.2, 0) is 0 Å². The van der Waals surface area contributed by atoms with E-state index in [-0.39, 0.29) is 6.61 Å². The molecule has 3 heteroatoms. The van der Waals surface area contributed by atoms with Gasteiger partial charge in [-0.05, 0) is 19.3 Å². The molecule has 2 atom stereocenters. The second kappa shape index (κ2) is 19.0. The average molecular weight is 343 g/mol. The standard InChI is InChI=1S/C21H42O3/c1-2-3-4-5-6-7-8-9-10-11-12-13-14-15-16-17-20(23)18-21(24)19-22/h2,20-24H,1,3-19H2/t20-,21-/m1/s1. The van der Waals surface area contributed by atoms with Gasteiger partial charge < -0.3 is 15.3 Å². The Kier molecular flexibility index (Phi) is 18.7. The Hall–Kier alpha value is -0.380. The topological polar surface area (TPSA) is 60.7 Å². The Morgan fingerprint density at radius 1 is 0.625 bits per heavy atom. The molecule has 144 valence electrons. The second-order valence-electron chi connectivity index (χ2n) is 7.19. The molecule has 0 aliphatic carbocycles. The molecule has 24 heavy (non-hydrogen) atoms. The van der Waals surface area contributed by atoms with Crippen LogP contribution >= 0.6 is 0 Å². The van der Waals surface area contributed by atoms with E-state index < -0.39 is 12.2 Å². The molecule has 0 amide bonds. The van der Waals surface area contributed by atoms with E-state index in [2.05, 4.69) is 6.58 Å². The zero-order valence-electron chi connectivity index (χ0n) is 15.8. The van der Waals surface area contributed by atoms with Gasteiger partial charge in [0.15, 0.2) is 0 Å². The van der Waals surface area contributed by atoms with Gasteiger partial charge in [0.2, 0.25) is 0 Å². The van der Waals surface area contributed by atoms with Gasteiger partial charge in [-0.1, -0.05) is 83.1 Å². The number of hydrogen-bond acceptors (Lipinski definition) is 3. The molecule has 0 fully saturated rings. The first-order valence-corrected chi connectivity index (χ1v) is 10.3. The van der Waals surface area contributed by atoms with Crippen molar-refractivity contribution in [1.29, 1.82) is 0 Å². The zero-order valence-corrected chi connectivity index (χ0v) is 15.8. The minimum absolute atomic E-state index is 0.258. The second-order valence-corrected chi connectivity index (χ2v) is 7.19. The summed E-state index contributed by atoms with van der Waals surface area (Å²) >= 11 is 0. The molecule has 0 spiro atoms. The first kappa shape index (κ1) is 23.6. The fraction of sp³-hybridized carbons (Fsp3) is 0.905. The number of hydrogen-bond donors (Lipinski definition) is 3. The van der Waals surface area contributed by atoms with Crippen molar-refractivity contribution in [2.75, 3.05) is 6.61 Å². The molecular weight excluding hydrogens is 300 g/mol. The summed E-state index contributed by atoms with van der Waals surface area (Å²) in [5, 5.41) is 27.6. The van der Waals surface area contributed by atoms with Crippen molar-refractivity contribution in [3.63, 3.8) is 0 Å². The Balaban J connectivity index is 3.11. The summed E-state index contributed by atoms with van der Waals surface area (Å²) in [5.74, 6) is 0. The number of aliphatic hydroxyl groups excluding tert-OH is 3. The highest BCUT2D eigenvalue weighted by atomic mass is 16.3. The van der Waals surface area contributed by atoms with Crippen LogP contribution in [0.2, 0.25) is 0 Å². The van der Waals surface area contributed by atoms with E-state index in [0.717, 1.165) is 19.3 Å². The number of allylic oxidation sites excluding steroid dienone is 1. The number of aliphatic hydroxyl groups is 3. The lowest BCUT2D eigenvalue weighted by Crippen LogP contribution is -2.20. The summed E-state index contributed by atoms with van der Waals surface area (Å²) in [4.78, 5) is 0. The van der Waals surface area contributed by atoms with Gasteiger partial charge >= 0.3 is 0 Å². The maximum atomic E-state index is 9.68. The van der Waals surface area contributed by atoms with Crippen molar-refractivity contribution in [1.82, 2.24) is 0 Å². The maximum absolute atomic E-state index is 9.68. The van der Waals surface area contributed by atoms with Crippen LogP contribution in [0.1, 0.15) is 103 Å². The average Bonchev–Trinajstić information content (AvgIpc) is 2.58. The molecule has 0 heterocycles. The van der Waals surface area contributed by atoms with Gasteiger partial charge in [-0.3, -0.25) is 0 Å². The lowest BCUT2D eigenvalue weighted by Gasteiger charge is -2.13. The Bertz CT molecular complexity index is 255. The fourth-order valence-electron chi connectivity index (χ4n) is 3.12. The van der Waals surface area contributed by atoms with Gasteiger partial charge in [-0.15, -0.1) is 6.58 Å². The number of unbranched alkanes of at least 4 members (excludes halogenated alkanes) is 13. The largest absolute Gasteiger partial charge is 0.394 e. The Labute approximate surface area is 150 Å². The molecule has 0 bridgehead atoms. The molecule has 0 radical (unpaired) electrons. The molecule has 0 saturated carbocycles. The normalized spacial score (nSPS) is 13.8. The van der Waals surface area contributed by atoms with Gasteiger partial charge in [0.1, 0.15) is 0 Å². The molecular formula is C21H42O3. The van der Waals surface area contributed by atoms with E-state index in [0.29, 0.717) is 6.42 Å².